The van der Waals surface area contributed by atoms with E-state index >= 15 is 0 Å². The Hall–Kier alpha value is -1.74. The van der Waals surface area contributed by atoms with Crippen LogP contribution in [0.2, 0.25) is 10.0 Å². The molecule has 0 spiro atoms. The van der Waals surface area contributed by atoms with Crippen LogP contribution in [0.3, 0.4) is 0 Å². The van der Waals surface area contributed by atoms with Gasteiger partial charge in [-0.15, -0.1) is 0 Å². The average molecular weight is 452 g/mol. The number of hydrogen-bond donors (Lipinski definition) is 1. The molecule has 2 N–H and O–H groups in total. The van der Waals surface area contributed by atoms with Gasteiger partial charge in [0.15, 0.2) is 6.34 Å². The van der Waals surface area contributed by atoms with E-state index in [0.717, 1.165) is 24.2 Å². The molecule has 0 bridgehead atoms. The summed E-state index contributed by atoms with van der Waals surface area (Å²) in [5.74, 6) is 0. The summed E-state index contributed by atoms with van der Waals surface area (Å²) in [6, 6.07) is 15.9. The molecule has 2 aliphatic heterocycles. The number of aliphatic imine (C=N–C) groups is 1. The summed E-state index contributed by atoms with van der Waals surface area (Å²) in [5.41, 5.74) is 2.27. The van der Waals surface area contributed by atoms with E-state index in [-0.39, 0.29) is 17.1 Å². The minimum atomic E-state index is -3.81. The Morgan fingerprint density at radius 2 is 1.52 bits per heavy atom. The van der Waals surface area contributed by atoms with Crippen molar-refractivity contribution in [2.45, 2.75) is 12.1 Å². The third-order valence-electron chi connectivity index (χ3n) is 5.53. The lowest BCUT2D eigenvalue weighted by Gasteiger charge is -2.48. The van der Waals surface area contributed by atoms with E-state index in [2.05, 4.69) is 9.89 Å². The molecule has 1 unspecified atom stereocenters. The zero-order chi connectivity index (χ0) is 20.8. The minimum Gasteiger partial charge on any atom is -0.280 e. The van der Waals surface area contributed by atoms with Crippen molar-refractivity contribution >= 4 is 39.6 Å². The molecular formula is C20H21Cl2N4O2S+. The van der Waals surface area contributed by atoms with Gasteiger partial charge in [-0.1, -0.05) is 47.5 Å². The minimum absolute atomic E-state index is 0.0496. The van der Waals surface area contributed by atoms with Gasteiger partial charge < -0.3 is 0 Å². The standard InChI is InChI=1S/C20H21Cl2N4O2S/c1-26(12-19(24-13-26)29(23,27)28)18-10-25(11-18)20(14-2-6-16(21)7-3-14)15-4-8-17(22)9-5-15/h2-9,12-13,18,20H,10-11H2,1H3,(H2,23,27,28)/q+1. The number of nitrogens with zero attached hydrogens (tertiary/aromatic N) is 3. The Kier molecular flexibility index (Phi) is 5.31. The monoisotopic (exact) mass is 451 g/mol. The van der Waals surface area contributed by atoms with Crippen molar-refractivity contribution in [2.75, 3.05) is 20.1 Å². The molecule has 0 aromatic heterocycles. The van der Waals surface area contributed by atoms with Crippen LogP contribution in [0.1, 0.15) is 17.2 Å². The Labute approximate surface area is 180 Å². The number of likely N-dealkylation sites (tertiary alicyclic amines) is 1. The summed E-state index contributed by atoms with van der Waals surface area (Å²) in [5, 5.41) is 6.53. The summed E-state index contributed by atoms with van der Waals surface area (Å²) in [4.78, 5) is 6.36. The summed E-state index contributed by atoms with van der Waals surface area (Å²) in [6.07, 6.45) is 3.25. The van der Waals surface area contributed by atoms with Crippen LogP contribution in [0.25, 0.3) is 0 Å². The second kappa shape index (κ2) is 7.50. The molecule has 2 aromatic rings. The van der Waals surface area contributed by atoms with E-state index in [0.29, 0.717) is 14.5 Å². The van der Waals surface area contributed by atoms with Crippen molar-refractivity contribution < 1.29 is 12.9 Å². The normalized spacial score (nSPS) is 22.7. The van der Waals surface area contributed by atoms with Crippen LogP contribution >= 0.6 is 23.2 Å². The largest absolute Gasteiger partial charge is 0.280 e. The number of quaternary nitrogens is 1. The Balaban J connectivity index is 1.58. The summed E-state index contributed by atoms with van der Waals surface area (Å²) >= 11 is 12.1. The first kappa shape index (κ1) is 20.5. The van der Waals surface area contributed by atoms with Crippen LogP contribution in [0.4, 0.5) is 0 Å². The first-order valence-corrected chi connectivity index (χ1v) is 11.4. The number of hydrogen-bond acceptors (Lipinski definition) is 4. The van der Waals surface area contributed by atoms with Crippen LogP contribution in [0.5, 0.6) is 0 Å². The molecule has 152 valence electrons. The Bertz CT molecular complexity index is 1030. The van der Waals surface area contributed by atoms with Crippen LogP contribution in [0, 0.1) is 0 Å². The summed E-state index contributed by atoms with van der Waals surface area (Å²) in [6.45, 7) is 1.54. The summed E-state index contributed by atoms with van der Waals surface area (Å²) < 4.78 is 23.5. The third kappa shape index (κ3) is 4.12. The number of halogens is 2. The molecule has 4 rings (SSSR count). The number of likely N-dealkylation sites (N-methyl/N-ethyl adjacent to an activating group) is 1. The molecule has 29 heavy (non-hydrogen) atoms. The van der Waals surface area contributed by atoms with Gasteiger partial charge in [-0.3, -0.25) is 9.38 Å². The van der Waals surface area contributed by atoms with Gasteiger partial charge in [0.05, 0.1) is 26.2 Å². The van der Waals surface area contributed by atoms with Crippen molar-refractivity contribution in [1.82, 2.24) is 4.90 Å². The second-order valence-corrected chi connectivity index (χ2v) is 9.97. The first-order chi connectivity index (χ1) is 13.7. The lowest BCUT2D eigenvalue weighted by Crippen LogP contribution is -2.64. The highest BCUT2D eigenvalue weighted by Gasteiger charge is 2.46. The number of rotatable bonds is 5. The molecule has 2 heterocycles. The van der Waals surface area contributed by atoms with Gasteiger partial charge in [-0.25, -0.2) is 13.6 Å². The molecule has 1 atom stereocenters. The van der Waals surface area contributed by atoms with Gasteiger partial charge in [0, 0.05) is 10.0 Å². The predicted molar refractivity (Wildman–Crippen MR) is 116 cm³/mol. The van der Waals surface area contributed by atoms with Crippen LogP contribution in [-0.4, -0.2) is 50.3 Å². The van der Waals surface area contributed by atoms with Gasteiger partial charge in [-0.05, 0) is 35.4 Å². The fraction of sp³-hybridized carbons (Fsp3) is 0.250. The lowest BCUT2D eigenvalue weighted by atomic mass is 9.92. The van der Waals surface area contributed by atoms with Crippen molar-refractivity contribution in [2.24, 2.45) is 10.1 Å². The highest BCUT2D eigenvalue weighted by molar-refractivity contribution is 7.93. The maximum atomic E-state index is 11.6. The maximum absolute atomic E-state index is 11.6. The van der Waals surface area contributed by atoms with Crippen LogP contribution < -0.4 is 5.14 Å². The molecule has 0 amide bonds. The number of sulfonamides is 1. The van der Waals surface area contributed by atoms with Crippen molar-refractivity contribution in [3.8, 4) is 0 Å². The molecule has 1 fully saturated rings. The lowest BCUT2D eigenvalue weighted by molar-refractivity contribution is -0.794. The zero-order valence-electron chi connectivity index (χ0n) is 15.7. The maximum Gasteiger partial charge on any atom is 0.261 e. The molecule has 2 aromatic carbocycles. The molecule has 1 saturated heterocycles. The fourth-order valence-corrected chi connectivity index (χ4v) is 4.61. The smallest absolute Gasteiger partial charge is 0.261 e. The summed E-state index contributed by atoms with van der Waals surface area (Å²) in [7, 11) is -1.87. The van der Waals surface area contributed by atoms with E-state index in [9.17, 15) is 8.42 Å². The van der Waals surface area contributed by atoms with E-state index in [1.54, 1.807) is 12.5 Å². The van der Waals surface area contributed by atoms with Gasteiger partial charge in [0.2, 0.25) is 5.03 Å². The third-order valence-corrected chi connectivity index (χ3v) is 6.83. The second-order valence-electron chi connectivity index (χ2n) is 7.59. The predicted octanol–water partition coefficient (Wildman–Crippen LogP) is 3.34. The molecule has 9 heteroatoms. The van der Waals surface area contributed by atoms with E-state index in [4.69, 9.17) is 28.3 Å². The SMILES string of the molecule is C[N+]1(C2CN(C(c3ccc(Cl)cc3)c3ccc(Cl)cc3)C2)C=NC(S(N)(=O)=O)=C1. The van der Waals surface area contributed by atoms with Crippen LogP contribution in [0.15, 0.2) is 64.8 Å². The first-order valence-electron chi connectivity index (χ1n) is 9.07. The molecule has 0 saturated carbocycles. The van der Waals surface area contributed by atoms with E-state index < -0.39 is 10.0 Å². The highest BCUT2D eigenvalue weighted by atomic mass is 35.5. The molecule has 6 nitrogen and oxygen atoms in total. The number of benzene rings is 2. The fourth-order valence-electron chi connectivity index (χ4n) is 3.79. The van der Waals surface area contributed by atoms with Crippen molar-refractivity contribution in [3.05, 3.63) is 80.9 Å². The topological polar surface area (TPSA) is 75.8 Å². The number of primary sulfonamides is 1. The van der Waals surface area contributed by atoms with Crippen molar-refractivity contribution in [1.29, 1.82) is 0 Å². The number of nitrogens with two attached hydrogens (primary N) is 1. The Morgan fingerprint density at radius 1 is 1.03 bits per heavy atom. The molecular weight excluding hydrogens is 431 g/mol. The van der Waals surface area contributed by atoms with E-state index in [1.807, 2.05) is 55.6 Å². The van der Waals surface area contributed by atoms with Gasteiger partial charge >= 0.3 is 0 Å². The van der Waals surface area contributed by atoms with Gasteiger partial charge in [0.25, 0.3) is 10.0 Å². The molecule has 2 aliphatic rings. The molecule has 0 aliphatic carbocycles. The van der Waals surface area contributed by atoms with Crippen LogP contribution in [-0.2, 0) is 10.0 Å². The highest BCUT2D eigenvalue weighted by Crippen LogP contribution is 2.37. The zero-order valence-corrected chi connectivity index (χ0v) is 18.1. The quantitative estimate of drug-likeness (QED) is 0.708. The van der Waals surface area contributed by atoms with E-state index in [1.165, 1.54) is 0 Å². The Morgan fingerprint density at radius 3 is 1.93 bits per heavy atom. The van der Waals surface area contributed by atoms with Crippen molar-refractivity contribution in [3.63, 3.8) is 0 Å². The van der Waals surface area contributed by atoms with Gasteiger partial charge in [-0.2, -0.15) is 4.99 Å². The van der Waals surface area contributed by atoms with Gasteiger partial charge in [0.1, 0.15) is 12.2 Å². The molecule has 0 radical (unpaired) electrons. The average Bonchev–Trinajstić information content (AvgIpc) is 3.03.